The predicted molar refractivity (Wildman–Crippen MR) is 69.0 cm³/mol. The second kappa shape index (κ2) is 8.48. The second-order valence-corrected chi connectivity index (χ2v) is 4.89. The molecular weight excluding hydrogens is 216 g/mol. The minimum absolute atomic E-state index is 0.246. The minimum Gasteiger partial charge on any atom is -0.385 e. The Kier molecular flexibility index (Phi) is 7.21. The van der Waals surface area contributed by atoms with E-state index in [1.807, 2.05) is 11.9 Å². The van der Waals surface area contributed by atoms with E-state index in [4.69, 9.17) is 4.74 Å². The Morgan fingerprint density at radius 2 is 2.12 bits per heavy atom. The van der Waals surface area contributed by atoms with Crippen molar-refractivity contribution in [3.05, 3.63) is 0 Å². The van der Waals surface area contributed by atoms with Crippen LogP contribution in [0.2, 0.25) is 0 Å². The van der Waals surface area contributed by atoms with E-state index >= 15 is 0 Å². The number of carbonyl (C=O) groups is 1. The molecule has 0 atom stereocenters. The fourth-order valence-electron chi connectivity index (χ4n) is 2.23. The number of nitrogens with zero attached hydrogens (tertiary/aromatic N) is 1. The molecule has 4 nitrogen and oxygen atoms in total. The molecular formula is C13H26N2O2. The normalized spacial score (nSPS) is 17.1. The summed E-state index contributed by atoms with van der Waals surface area (Å²) in [5.41, 5.74) is 0. The standard InChI is InChI=1S/C13H26N2O2/c1-15(13(16)4-3-11-17-2)10-7-12-5-8-14-9-6-12/h12,14H,3-11H2,1-2H3. The van der Waals surface area contributed by atoms with Crippen LogP contribution in [0.1, 0.15) is 32.1 Å². The Balaban J connectivity index is 2.10. The van der Waals surface area contributed by atoms with Gasteiger partial charge in [0, 0.05) is 33.7 Å². The van der Waals surface area contributed by atoms with E-state index in [-0.39, 0.29) is 5.91 Å². The van der Waals surface area contributed by atoms with Crippen LogP contribution in [-0.4, -0.2) is 51.2 Å². The van der Waals surface area contributed by atoms with Gasteiger partial charge in [-0.25, -0.2) is 0 Å². The Labute approximate surface area is 105 Å². The van der Waals surface area contributed by atoms with Crippen molar-refractivity contribution in [2.24, 2.45) is 5.92 Å². The van der Waals surface area contributed by atoms with Crippen LogP contribution in [0.3, 0.4) is 0 Å². The van der Waals surface area contributed by atoms with Crippen LogP contribution >= 0.6 is 0 Å². The van der Waals surface area contributed by atoms with Crippen LogP contribution in [0.25, 0.3) is 0 Å². The van der Waals surface area contributed by atoms with E-state index in [2.05, 4.69) is 5.32 Å². The summed E-state index contributed by atoms with van der Waals surface area (Å²) in [5.74, 6) is 1.04. The van der Waals surface area contributed by atoms with Crippen LogP contribution in [0.5, 0.6) is 0 Å². The molecule has 1 rings (SSSR count). The first-order chi connectivity index (χ1) is 8.24. The number of hydrogen-bond donors (Lipinski definition) is 1. The summed E-state index contributed by atoms with van der Waals surface area (Å²) in [6.45, 7) is 3.84. The van der Waals surface area contributed by atoms with E-state index < -0.39 is 0 Å². The van der Waals surface area contributed by atoms with Gasteiger partial charge in [0.2, 0.25) is 5.91 Å². The van der Waals surface area contributed by atoms with Crippen molar-refractivity contribution in [2.75, 3.05) is 40.4 Å². The highest BCUT2D eigenvalue weighted by atomic mass is 16.5. The quantitative estimate of drug-likeness (QED) is 0.683. The first kappa shape index (κ1) is 14.5. The van der Waals surface area contributed by atoms with Gasteiger partial charge in [-0.05, 0) is 44.7 Å². The van der Waals surface area contributed by atoms with Crippen LogP contribution in [0.15, 0.2) is 0 Å². The lowest BCUT2D eigenvalue weighted by atomic mass is 9.94. The zero-order valence-electron chi connectivity index (χ0n) is 11.2. The zero-order valence-corrected chi connectivity index (χ0v) is 11.2. The first-order valence-corrected chi connectivity index (χ1v) is 6.67. The number of rotatable bonds is 7. The Morgan fingerprint density at radius 1 is 1.41 bits per heavy atom. The van der Waals surface area contributed by atoms with E-state index in [9.17, 15) is 4.79 Å². The van der Waals surface area contributed by atoms with Gasteiger partial charge in [0.05, 0.1) is 0 Å². The van der Waals surface area contributed by atoms with E-state index in [0.717, 1.165) is 38.4 Å². The van der Waals surface area contributed by atoms with Gasteiger partial charge in [0.25, 0.3) is 0 Å². The maximum atomic E-state index is 11.7. The number of methoxy groups -OCH3 is 1. The maximum absolute atomic E-state index is 11.7. The summed E-state index contributed by atoms with van der Waals surface area (Å²) in [5, 5.41) is 3.37. The number of piperidine rings is 1. The smallest absolute Gasteiger partial charge is 0.222 e. The molecule has 1 saturated heterocycles. The van der Waals surface area contributed by atoms with Crippen molar-refractivity contribution in [3.8, 4) is 0 Å². The topological polar surface area (TPSA) is 41.6 Å². The molecule has 0 unspecified atom stereocenters. The lowest BCUT2D eigenvalue weighted by Crippen LogP contribution is -2.32. The number of ether oxygens (including phenoxy) is 1. The minimum atomic E-state index is 0.246. The number of carbonyl (C=O) groups excluding carboxylic acids is 1. The SMILES string of the molecule is COCCCC(=O)N(C)CCC1CCNCC1. The number of amides is 1. The average molecular weight is 242 g/mol. The lowest BCUT2D eigenvalue weighted by molar-refractivity contribution is -0.130. The Morgan fingerprint density at radius 3 is 2.76 bits per heavy atom. The van der Waals surface area contributed by atoms with Gasteiger partial charge < -0.3 is 15.0 Å². The molecule has 0 aromatic carbocycles. The van der Waals surface area contributed by atoms with Gasteiger partial charge in [-0.3, -0.25) is 4.79 Å². The molecule has 100 valence electrons. The maximum Gasteiger partial charge on any atom is 0.222 e. The molecule has 0 aromatic heterocycles. The van der Waals surface area contributed by atoms with Crippen LogP contribution in [0.4, 0.5) is 0 Å². The molecule has 1 aliphatic heterocycles. The zero-order chi connectivity index (χ0) is 12.5. The van der Waals surface area contributed by atoms with Crippen LogP contribution in [-0.2, 0) is 9.53 Å². The first-order valence-electron chi connectivity index (χ1n) is 6.67. The summed E-state index contributed by atoms with van der Waals surface area (Å²) in [7, 11) is 3.58. The molecule has 1 amide bonds. The summed E-state index contributed by atoms with van der Waals surface area (Å²) in [4.78, 5) is 13.6. The monoisotopic (exact) mass is 242 g/mol. The molecule has 0 aliphatic carbocycles. The van der Waals surface area contributed by atoms with Crippen molar-refractivity contribution in [2.45, 2.75) is 32.1 Å². The third-order valence-electron chi connectivity index (χ3n) is 3.50. The highest BCUT2D eigenvalue weighted by molar-refractivity contribution is 5.75. The predicted octanol–water partition coefficient (Wildman–Crippen LogP) is 1.26. The molecule has 1 aliphatic rings. The second-order valence-electron chi connectivity index (χ2n) is 4.89. The molecule has 1 N–H and O–H groups in total. The van der Waals surface area contributed by atoms with Crippen molar-refractivity contribution in [1.82, 2.24) is 10.2 Å². The molecule has 1 heterocycles. The molecule has 4 heteroatoms. The number of hydrogen-bond acceptors (Lipinski definition) is 3. The van der Waals surface area contributed by atoms with Gasteiger partial charge in [-0.1, -0.05) is 0 Å². The van der Waals surface area contributed by atoms with Gasteiger partial charge in [0.1, 0.15) is 0 Å². The summed E-state index contributed by atoms with van der Waals surface area (Å²) >= 11 is 0. The van der Waals surface area contributed by atoms with E-state index in [1.165, 1.54) is 12.8 Å². The van der Waals surface area contributed by atoms with Gasteiger partial charge in [-0.2, -0.15) is 0 Å². The Hall–Kier alpha value is -0.610. The lowest BCUT2D eigenvalue weighted by Gasteiger charge is -2.25. The van der Waals surface area contributed by atoms with E-state index in [1.54, 1.807) is 7.11 Å². The fraction of sp³-hybridized carbons (Fsp3) is 0.923. The van der Waals surface area contributed by atoms with E-state index in [0.29, 0.717) is 13.0 Å². The highest BCUT2D eigenvalue weighted by Gasteiger charge is 2.15. The molecule has 0 radical (unpaired) electrons. The van der Waals surface area contributed by atoms with Crippen molar-refractivity contribution in [1.29, 1.82) is 0 Å². The number of nitrogens with one attached hydrogen (secondary N) is 1. The van der Waals surface area contributed by atoms with Crippen LogP contribution in [0, 0.1) is 5.92 Å². The molecule has 17 heavy (non-hydrogen) atoms. The Bertz CT molecular complexity index is 215. The largest absolute Gasteiger partial charge is 0.385 e. The van der Waals surface area contributed by atoms with Crippen molar-refractivity contribution < 1.29 is 9.53 Å². The molecule has 0 saturated carbocycles. The van der Waals surface area contributed by atoms with Gasteiger partial charge >= 0.3 is 0 Å². The molecule has 0 spiro atoms. The van der Waals surface area contributed by atoms with Crippen molar-refractivity contribution in [3.63, 3.8) is 0 Å². The molecule has 0 aromatic rings. The summed E-state index contributed by atoms with van der Waals surface area (Å²) in [6, 6.07) is 0. The molecule has 1 fully saturated rings. The molecule has 0 bridgehead atoms. The van der Waals surface area contributed by atoms with Gasteiger partial charge in [-0.15, -0.1) is 0 Å². The third-order valence-corrected chi connectivity index (χ3v) is 3.50. The van der Waals surface area contributed by atoms with Gasteiger partial charge in [0.15, 0.2) is 0 Å². The summed E-state index contributed by atoms with van der Waals surface area (Å²) < 4.78 is 4.95. The van der Waals surface area contributed by atoms with Crippen molar-refractivity contribution >= 4 is 5.91 Å². The third kappa shape index (κ3) is 6.03. The highest BCUT2D eigenvalue weighted by Crippen LogP contribution is 2.16. The summed E-state index contributed by atoms with van der Waals surface area (Å²) in [6.07, 6.45) is 5.09. The van der Waals surface area contributed by atoms with Crippen LogP contribution < -0.4 is 5.32 Å². The average Bonchev–Trinajstić information content (AvgIpc) is 2.37. The fourth-order valence-corrected chi connectivity index (χ4v) is 2.23.